The number of carbonyl (C=O) groups is 6. The number of hydrogen-bond acceptors (Lipinski definition) is 8. The zero-order valence-corrected chi connectivity index (χ0v) is 28.8. The maximum Gasteiger partial charge on any atom is 0.408 e. The molecule has 0 aromatic heterocycles. The first-order chi connectivity index (χ1) is 23.3. The van der Waals surface area contributed by atoms with E-state index in [0.29, 0.717) is 25.0 Å². The molecule has 3 rings (SSSR count). The molecule has 0 spiro atoms. The van der Waals surface area contributed by atoms with Crippen LogP contribution in [0.5, 0.6) is 5.75 Å². The molecular weight excluding hydrogens is 632 g/mol. The van der Waals surface area contributed by atoms with E-state index in [1.54, 1.807) is 36.4 Å². The zero-order chi connectivity index (χ0) is 36.1. The highest BCUT2D eigenvalue weighted by atomic mass is 16.5. The van der Waals surface area contributed by atoms with Gasteiger partial charge in [-0.3, -0.25) is 24.0 Å². The molecule has 0 aliphatic carbocycles. The van der Waals surface area contributed by atoms with Crippen molar-refractivity contribution in [2.75, 3.05) is 27.2 Å². The predicted molar refractivity (Wildman–Crippen MR) is 181 cm³/mol. The average Bonchev–Trinajstić information content (AvgIpc) is 3.58. The number of likely N-dealkylation sites (N-methyl/N-ethyl adjacent to an activating group) is 1. The molecule has 1 saturated heterocycles. The summed E-state index contributed by atoms with van der Waals surface area (Å²) in [5.74, 6) is -2.14. The zero-order valence-electron chi connectivity index (χ0n) is 28.8. The molecule has 2 aromatic carbocycles. The Labute approximate surface area is 287 Å². The number of rotatable bonds is 16. The second kappa shape index (κ2) is 18.4. The Balaban J connectivity index is 1.71. The molecule has 0 bridgehead atoms. The Morgan fingerprint density at radius 1 is 0.939 bits per heavy atom. The number of hydrogen-bond donors (Lipinski definition) is 4. The number of likely N-dealkylation sites (tertiary alicyclic amines) is 1. The molecule has 0 radical (unpaired) electrons. The molecule has 4 atom stereocenters. The predicted octanol–water partition coefficient (Wildman–Crippen LogP) is 1.50. The van der Waals surface area contributed by atoms with Crippen molar-refractivity contribution >= 4 is 35.6 Å². The quantitative estimate of drug-likeness (QED) is 0.205. The second-order valence-electron chi connectivity index (χ2n) is 12.5. The van der Waals surface area contributed by atoms with E-state index in [1.165, 1.54) is 30.9 Å². The van der Waals surface area contributed by atoms with Gasteiger partial charge in [0.25, 0.3) is 0 Å². The lowest BCUT2D eigenvalue weighted by atomic mass is 10.0. The maximum atomic E-state index is 14.0. The summed E-state index contributed by atoms with van der Waals surface area (Å²) < 4.78 is 10.4. The molecule has 14 heteroatoms. The van der Waals surface area contributed by atoms with Crippen molar-refractivity contribution < 1.29 is 38.2 Å². The van der Waals surface area contributed by atoms with Crippen LogP contribution in [0.4, 0.5) is 4.79 Å². The van der Waals surface area contributed by atoms with Gasteiger partial charge in [-0.1, -0.05) is 56.3 Å². The van der Waals surface area contributed by atoms with Crippen LogP contribution < -0.4 is 26.4 Å². The van der Waals surface area contributed by atoms with Crippen LogP contribution in [0.15, 0.2) is 54.6 Å². The third kappa shape index (κ3) is 11.5. The van der Waals surface area contributed by atoms with Gasteiger partial charge < -0.3 is 41.0 Å². The first-order valence-electron chi connectivity index (χ1n) is 16.3. The van der Waals surface area contributed by atoms with Crippen molar-refractivity contribution in [1.82, 2.24) is 25.8 Å². The van der Waals surface area contributed by atoms with Gasteiger partial charge in [0.2, 0.25) is 29.5 Å². The van der Waals surface area contributed by atoms with Crippen LogP contribution in [-0.4, -0.2) is 96.8 Å². The summed E-state index contributed by atoms with van der Waals surface area (Å²) >= 11 is 0. The van der Waals surface area contributed by atoms with E-state index >= 15 is 0 Å². The summed E-state index contributed by atoms with van der Waals surface area (Å²) in [7, 11) is 3.02. The standard InChI is InChI=1S/C35H48N6O8/c1-22(2)18-27(39-31(43)23(3)38-35(47)49-21-25-10-7-6-8-11-25)33(45)41-17-9-12-28(41)34(46)40(4)29(32(44)37-20-30(36)42)19-24-13-15-26(48-5)16-14-24/h6-8,10-11,13-16,22-23,27-29H,9,12,17-21H2,1-5H3,(H2,36,42)(H,37,44)(H,38,47)(H,39,43)/t23-,27-,28-,29-/m0/s1. The fourth-order valence-corrected chi connectivity index (χ4v) is 5.56. The summed E-state index contributed by atoms with van der Waals surface area (Å²) in [4.78, 5) is 80.9. The number of ether oxygens (including phenoxy) is 2. The lowest BCUT2D eigenvalue weighted by molar-refractivity contribution is -0.148. The summed E-state index contributed by atoms with van der Waals surface area (Å²) in [5, 5.41) is 7.74. The molecule has 2 aromatic rings. The van der Waals surface area contributed by atoms with Gasteiger partial charge in [-0.15, -0.1) is 0 Å². The summed E-state index contributed by atoms with van der Waals surface area (Å²) in [5.41, 5.74) is 6.77. The highest BCUT2D eigenvalue weighted by Gasteiger charge is 2.41. The number of carbonyl (C=O) groups excluding carboxylic acids is 6. The van der Waals surface area contributed by atoms with Crippen LogP contribution in [0.1, 0.15) is 51.2 Å². The SMILES string of the molecule is COc1ccc(C[C@@H](C(=O)NCC(N)=O)N(C)C(=O)[C@@H]2CCCN2C(=O)[C@H](CC(C)C)NC(=O)[C@H](C)NC(=O)OCc2ccccc2)cc1. The van der Waals surface area contributed by atoms with Gasteiger partial charge in [-0.05, 0) is 55.4 Å². The normalized spacial score (nSPS) is 15.8. The number of alkyl carbamates (subject to hydrolysis) is 1. The van der Waals surface area contributed by atoms with Crippen molar-refractivity contribution in [2.24, 2.45) is 11.7 Å². The number of amides is 6. The van der Waals surface area contributed by atoms with Crippen molar-refractivity contribution in [3.8, 4) is 5.75 Å². The van der Waals surface area contributed by atoms with Gasteiger partial charge in [-0.2, -0.15) is 0 Å². The van der Waals surface area contributed by atoms with Gasteiger partial charge in [0.1, 0.15) is 36.5 Å². The van der Waals surface area contributed by atoms with Crippen LogP contribution in [0, 0.1) is 5.92 Å². The average molecular weight is 681 g/mol. The van der Waals surface area contributed by atoms with E-state index in [9.17, 15) is 28.8 Å². The highest BCUT2D eigenvalue weighted by molar-refractivity contribution is 5.96. The van der Waals surface area contributed by atoms with Crippen LogP contribution in [-0.2, 0) is 41.7 Å². The number of primary amides is 1. The van der Waals surface area contributed by atoms with Crippen molar-refractivity contribution in [2.45, 2.75) is 77.2 Å². The molecule has 0 unspecified atom stereocenters. The molecule has 14 nitrogen and oxygen atoms in total. The fourth-order valence-electron chi connectivity index (χ4n) is 5.56. The van der Waals surface area contributed by atoms with Gasteiger partial charge >= 0.3 is 6.09 Å². The first-order valence-corrected chi connectivity index (χ1v) is 16.3. The number of nitrogens with zero attached hydrogens (tertiary/aromatic N) is 2. The van der Waals surface area contributed by atoms with E-state index < -0.39 is 66.3 Å². The summed E-state index contributed by atoms with van der Waals surface area (Å²) in [6.07, 6.45) is 0.540. The fraction of sp³-hybridized carbons (Fsp3) is 0.486. The Kier molecular flexibility index (Phi) is 14.4. The van der Waals surface area contributed by atoms with Gasteiger partial charge in [0.05, 0.1) is 13.7 Å². The first kappa shape index (κ1) is 38.3. The van der Waals surface area contributed by atoms with E-state index in [-0.39, 0.29) is 25.5 Å². The van der Waals surface area contributed by atoms with Gasteiger partial charge in [-0.25, -0.2) is 4.79 Å². The minimum absolute atomic E-state index is 0.00982. The van der Waals surface area contributed by atoms with Crippen molar-refractivity contribution in [3.63, 3.8) is 0 Å². The molecule has 266 valence electrons. The highest BCUT2D eigenvalue weighted by Crippen LogP contribution is 2.24. The number of nitrogens with one attached hydrogen (secondary N) is 3. The van der Waals surface area contributed by atoms with Gasteiger partial charge in [0.15, 0.2) is 0 Å². The van der Waals surface area contributed by atoms with Crippen LogP contribution in [0.3, 0.4) is 0 Å². The van der Waals surface area contributed by atoms with E-state index in [2.05, 4.69) is 16.0 Å². The van der Waals surface area contributed by atoms with E-state index in [1.807, 2.05) is 32.0 Å². The molecule has 1 fully saturated rings. The molecule has 1 aliphatic heterocycles. The topological polar surface area (TPSA) is 189 Å². The second-order valence-corrected chi connectivity index (χ2v) is 12.5. The van der Waals surface area contributed by atoms with Crippen molar-refractivity contribution in [3.05, 3.63) is 65.7 Å². The molecular formula is C35H48N6O8. The van der Waals surface area contributed by atoms with E-state index in [4.69, 9.17) is 15.2 Å². The Morgan fingerprint density at radius 2 is 1.61 bits per heavy atom. The van der Waals surface area contributed by atoms with E-state index in [0.717, 1.165) is 11.1 Å². The number of methoxy groups -OCH3 is 1. The third-order valence-electron chi connectivity index (χ3n) is 8.23. The van der Waals surface area contributed by atoms with Crippen LogP contribution in [0.25, 0.3) is 0 Å². The third-order valence-corrected chi connectivity index (χ3v) is 8.23. The Morgan fingerprint density at radius 3 is 2.22 bits per heavy atom. The number of benzene rings is 2. The largest absolute Gasteiger partial charge is 0.497 e. The smallest absolute Gasteiger partial charge is 0.408 e. The van der Waals surface area contributed by atoms with Gasteiger partial charge in [0, 0.05) is 20.0 Å². The monoisotopic (exact) mass is 680 g/mol. The molecule has 1 heterocycles. The lowest BCUT2D eigenvalue weighted by Gasteiger charge is -2.34. The molecule has 0 saturated carbocycles. The molecule has 49 heavy (non-hydrogen) atoms. The van der Waals surface area contributed by atoms with Crippen LogP contribution in [0.2, 0.25) is 0 Å². The summed E-state index contributed by atoms with van der Waals surface area (Å²) in [6.45, 7) is 5.21. The lowest BCUT2D eigenvalue weighted by Crippen LogP contribution is -2.58. The van der Waals surface area contributed by atoms with Crippen LogP contribution >= 0.6 is 0 Å². The number of nitrogens with two attached hydrogens (primary N) is 1. The minimum Gasteiger partial charge on any atom is -0.497 e. The maximum absolute atomic E-state index is 14.0. The molecule has 6 amide bonds. The molecule has 1 aliphatic rings. The molecule has 5 N–H and O–H groups in total. The van der Waals surface area contributed by atoms with Crippen molar-refractivity contribution in [1.29, 1.82) is 0 Å². The Hall–Kier alpha value is -5.14. The summed E-state index contributed by atoms with van der Waals surface area (Å²) in [6, 6.07) is 12.2. The Bertz CT molecular complexity index is 1450. The minimum atomic E-state index is -1.02.